The molecule has 0 aromatic rings. The number of hydrogen-bond acceptors (Lipinski definition) is 4. The van der Waals surface area contributed by atoms with Gasteiger partial charge in [-0.3, -0.25) is 9.80 Å². The van der Waals surface area contributed by atoms with Gasteiger partial charge in [0.2, 0.25) is 0 Å². The Labute approximate surface area is 117 Å². The molecule has 3 heterocycles. The van der Waals surface area contributed by atoms with Crippen LogP contribution in [0.4, 0.5) is 0 Å². The standard InChI is InChI=1S/C15H29N3O/c1-13-10-18-7-3-2-4-15(18)11-17(13)8-5-14-12-19-9-6-16-14/h13-16H,2-12H2,1H3. The van der Waals surface area contributed by atoms with Crippen molar-refractivity contribution in [1.29, 1.82) is 0 Å². The van der Waals surface area contributed by atoms with Gasteiger partial charge in [0.05, 0.1) is 13.2 Å². The van der Waals surface area contributed by atoms with E-state index in [9.17, 15) is 0 Å². The summed E-state index contributed by atoms with van der Waals surface area (Å²) in [5.74, 6) is 0. The highest BCUT2D eigenvalue weighted by Gasteiger charge is 2.32. The zero-order valence-corrected chi connectivity index (χ0v) is 12.3. The first kappa shape index (κ1) is 13.8. The van der Waals surface area contributed by atoms with Crippen molar-refractivity contribution in [1.82, 2.24) is 15.1 Å². The lowest BCUT2D eigenvalue weighted by Crippen LogP contribution is -2.59. The topological polar surface area (TPSA) is 27.7 Å². The zero-order chi connectivity index (χ0) is 13.1. The monoisotopic (exact) mass is 267 g/mol. The van der Waals surface area contributed by atoms with E-state index < -0.39 is 0 Å². The molecule has 0 bridgehead atoms. The number of nitrogens with zero attached hydrogens (tertiary/aromatic N) is 2. The fraction of sp³-hybridized carbons (Fsp3) is 1.00. The van der Waals surface area contributed by atoms with E-state index in [0.29, 0.717) is 6.04 Å². The number of ether oxygens (including phenoxy) is 1. The number of morpholine rings is 1. The fourth-order valence-electron chi connectivity index (χ4n) is 3.85. The Morgan fingerprint density at radius 2 is 2.21 bits per heavy atom. The first-order valence-electron chi connectivity index (χ1n) is 8.12. The summed E-state index contributed by atoms with van der Waals surface area (Å²) < 4.78 is 5.55. The second-order valence-corrected chi connectivity index (χ2v) is 6.50. The molecule has 0 aromatic carbocycles. The lowest BCUT2D eigenvalue weighted by atomic mass is 9.97. The molecule has 0 aliphatic carbocycles. The van der Waals surface area contributed by atoms with Crippen molar-refractivity contribution in [3.05, 3.63) is 0 Å². The molecule has 3 aliphatic heterocycles. The molecule has 0 radical (unpaired) electrons. The van der Waals surface area contributed by atoms with Gasteiger partial charge in [0.1, 0.15) is 0 Å². The zero-order valence-electron chi connectivity index (χ0n) is 12.3. The van der Waals surface area contributed by atoms with Gasteiger partial charge in [0, 0.05) is 44.3 Å². The Hall–Kier alpha value is -0.160. The number of piperidine rings is 1. The van der Waals surface area contributed by atoms with Crippen LogP contribution >= 0.6 is 0 Å². The van der Waals surface area contributed by atoms with Crippen LogP contribution in [0.25, 0.3) is 0 Å². The van der Waals surface area contributed by atoms with Gasteiger partial charge in [-0.15, -0.1) is 0 Å². The van der Waals surface area contributed by atoms with Crippen LogP contribution in [0.15, 0.2) is 0 Å². The largest absolute Gasteiger partial charge is 0.379 e. The maximum Gasteiger partial charge on any atom is 0.0620 e. The lowest BCUT2D eigenvalue weighted by molar-refractivity contribution is 0.00866. The van der Waals surface area contributed by atoms with Gasteiger partial charge in [0.15, 0.2) is 0 Å². The molecule has 3 aliphatic rings. The Kier molecular flexibility index (Phi) is 4.74. The van der Waals surface area contributed by atoms with Crippen LogP contribution in [0.3, 0.4) is 0 Å². The van der Waals surface area contributed by atoms with Gasteiger partial charge >= 0.3 is 0 Å². The quantitative estimate of drug-likeness (QED) is 0.823. The molecule has 3 fully saturated rings. The molecule has 3 saturated heterocycles. The highest BCUT2D eigenvalue weighted by atomic mass is 16.5. The maximum atomic E-state index is 5.55. The van der Waals surface area contributed by atoms with Crippen molar-refractivity contribution >= 4 is 0 Å². The molecule has 3 rings (SSSR count). The van der Waals surface area contributed by atoms with Gasteiger partial charge < -0.3 is 10.1 Å². The normalized spacial score (nSPS) is 38.1. The second kappa shape index (κ2) is 6.53. The molecule has 3 unspecified atom stereocenters. The van der Waals surface area contributed by atoms with Crippen molar-refractivity contribution < 1.29 is 4.74 Å². The van der Waals surface area contributed by atoms with Crippen molar-refractivity contribution in [3.8, 4) is 0 Å². The first-order valence-corrected chi connectivity index (χ1v) is 8.12. The Morgan fingerprint density at radius 1 is 1.26 bits per heavy atom. The molecule has 0 aromatic heterocycles. The molecule has 0 amide bonds. The van der Waals surface area contributed by atoms with Crippen molar-refractivity contribution in [3.63, 3.8) is 0 Å². The molecule has 0 saturated carbocycles. The summed E-state index contributed by atoms with van der Waals surface area (Å²) in [5, 5.41) is 3.57. The van der Waals surface area contributed by atoms with Crippen LogP contribution in [-0.2, 0) is 4.74 Å². The van der Waals surface area contributed by atoms with E-state index in [4.69, 9.17) is 4.74 Å². The number of hydrogen-bond donors (Lipinski definition) is 1. The number of fused-ring (bicyclic) bond motifs is 1. The Morgan fingerprint density at radius 3 is 3.05 bits per heavy atom. The van der Waals surface area contributed by atoms with E-state index in [-0.39, 0.29) is 0 Å². The van der Waals surface area contributed by atoms with Gasteiger partial charge in [-0.2, -0.15) is 0 Å². The maximum absolute atomic E-state index is 5.55. The highest BCUT2D eigenvalue weighted by Crippen LogP contribution is 2.24. The predicted octanol–water partition coefficient (Wildman–Crippen LogP) is 0.924. The van der Waals surface area contributed by atoms with Crippen LogP contribution in [-0.4, -0.2) is 73.9 Å². The number of rotatable bonds is 3. The summed E-state index contributed by atoms with van der Waals surface area (Å²) in [6.07, 6.45) is 5.49. The van der Waals surface area contributed by atoms with Crippen molar-refractivity contribution in [2.45, 2.75) is 50.7 Å². The third-order valence-corrected chi connectivity index (χ3v) is 5.08. The summed E-state index contributed by atoms with van der Waals surface area (Å²) in [6.45, 7) is 10.3. The summed E-state index contributed by atoms with van der Waals surface area (Å²) in [5.41, 5.74) is 0. The van der Waals surface area contributed by atoms with Crippen molar-refractivity contribution in [2.75, 3.05) is 45.9 Å². The summed E-state index contributed by atoms with van der Waals surface area (Å²) >= 11 is 0. The summed E-state index contributed by atoms with van der Waals surface area (Å²) in [4.78, 5) is 5.44. The molecular weight excluding hydrogens is 238 g/mol. The summed E-state index contributed by atoms with van der Waals surface area (Å²) in [7, 11) is 0. The van der Waals surface area contributed by atoms with Gasteiger partial charge in [0.25, 0.3) is 0 Å². The van der Waals surface area contributed by atoms with Crippen molar-refractivity contribution in [2.24, 2.45) is 0 Å². The Bertz CT molecular complexity index is 281. The third-order valence-electron chi connectivity index (χ3n) is 5.08. The SMILES string of the molecule is CC1CN2CCCCC2CN1CCC1COCCN1. The average molecular weight is 267 g/mol. The van der Waals surface area contributed by atoms with E-state index in [0.717, 1.165) is 31.8 Å². The minimum absolute atomic E-state index is 0.574. The van der Waals surface area contributed by atoms with E-state index in [2.05, 4.69) is 22.0 Å². The predicted molar refractivity (Wildman–Crippen MR) is 77.5 cm³/mol. The molecule has 19 heavy (non-hydrogen) atoms. The van der Waals surface area contributed by atoms with E-state index in [1.54, 1.807) is 0 Å². The smallest absolute Gasteiger partial charge is 0.0620 e. The molecule has 1 N–H and O–H groups in total. The Balaban J connectivity index is 1.47. The van der Waals surface area contributed by atoms with E-state index in [1.807, 2.05) is 0 Å². The van der Waals surface area contributed by atoms with E-state index in [1.165, 1.54) is 51.9 Å². The summed E-state index contributed by atoms with van der Waals surface area (Å²) in [6, 6.07) is 2.13. The lowest BCUT2D eigenvalue weighted by Gasteiger charge is -2.47. The first-order chi connectivity index (χ1) is 9.33. The molecule has 3 atom stereocenters. The van der Waals surface area contributed by atoms with Crippen LogP contribution < -0.4 is 5.32 Å². The third kappa shape index (κ3) is 3.48. The second-order valence-electron chi connectivity index (χ2n) is 6.50. The van der Waals surface area contributed by atoms with E-state index >= 15 is 0 Å². The van der Waals surface area contributed by atoms with Gasteiger partial charge in [-0.05, 0) is 32.7 Å². The average Bonchev–Trinajstić information content (AvgIpc) is 2.46. The minimum Gasteiger partial charge on any atom is -0.379 e. The van der Waals surface area contributed by atoms with Crippen LogP contribution in [0, 0.1) is 0 Å². The molecular formula is C15H29N3O. The number of nitrogens with one attached hydrogen (secondary N) is 1. The van der Waals surface area contributed by atoms with Crippen LogP contribution in [0.2, 0.25) is 0 Å². The molecule has 0 spiro atoms. The molecule has 4 heteroatoms. The number of piperazine rings is 1. The minimum atomic E-state index is 0.574. The van der Waals surface area contributed by atoms with Gasteiger partial charge in [-0.1, -0.05) is 6.42 Å². The van der Waals surface area contributed by atoms with Crippen LogP contribution in [0.1, 0.15) is 32.6 Å². The van der Waals surface area contributed by atoms with Gasteiger partial charge in [-0.25, -0.2) is 0 Å². The molecule has 110 valence electrons. The highest BCUT2D eigenvalue weighted by molar-refractivity contribution is 4.89. The molecule has 4 nitrogen and oxygen atoms in total. The fourth-order valence-corrected chi connectivity index (χ4v) is 3.85. The van der Waals surface area contributed by atoms with Crippen LogP contribution in [0.5, 0.6) is 0 Å².